The maximum Gasteiger partial charge on any atom is 0.242 e. The predicted octanol–water partition coefficient (Wildman–Crippen LogP) is 4.23. The monoisotopic (exact) mass is 396 g/mol. The molecule has 4 nitrogen and oxygen atoms in total. The molecule has 3 rings (SSSR count). The summed E-state index contributed by atoms with van der Waals surface area (Å²) in [6, 6.07) is 15.5. The highest BCUT2D eigenvalue weighted by Crippen LogP contribution is 2.19. The molecule has 2 amide bonds. The second-order valence-electron chi connectivity index (χ2n) is 7.80. The van der Waals surface area contributed by atoms with Crippen LogP contribution in [0.3, 0.4) is 0 Å². The highest BCUT2D eigenvalue weighted by Gasteiger charge is 2.28. The van der Waals surface area contributed by atoms with Gasteiger partial charge in [0.25, 0.3) is 0 Å². The van der Waals surface area contributed by atoms with Crippen LogP contribution in [0.15, 0.2) is 54.6 Å². The van der Waals surface area contributed by atoms with Crippen LogP contribution in [0.5, 0.6) is 0 Å². The highest BCUT2D eigenvalue weighted by molar-refractivity contribution is 5.87. The van der Waals surface area contributed by atoms with Crippen molar-refractivity contribution in [2.24, 2.45) is 0 Å². The summed E-state index contributed by atoms with van der Waals surface area (Å²) < 4.78 is 13.3. The van der Waals surface area contributed by atoms with Crippen molar-refractivity contribution in [2.45, 2.75) is 64.1 Å². The number of rotatable bonds is 8. The largest absolute Gasteiger partial charge is 0.352 e. The fourth-order valence-electron chi connectivity index (χ4n) is 3.80. The summed E-state index contributed by atoms with van der Waals surface area (Å²) in [6.45, 7) is 2.06. The van der Waals surface area contributed by atoms with Crippen LogP contribution in [0.2, 0.25) is 0 Å². The molecule has 0 saturated heterocycles. The van der Waals surface area contributed by atoms with Crippen LogP contribution in [-0.4, -0.2) is 28.8 Å². The van der Waals surface area contributed by atoms with E-state index in [0.29, 0.717) is 12.8 Å². The van der Waals surface area contributed by atoms with E-state index in [9.17, 15) is 14.0 Å². The smallest absolute Gasteiger partial charge is 0.242 e. The molecule has 2 aromatic rings. The van der Waals surface area contributed by atoms with Crippen molar-refractivity contribution in [2.75, 3.05) is 0 Å². The Morgan fingerprint density at radius 1 is 1.03 bits per heavy atom. The molecule has 0 aliphatic heterocycles. The van der Waals surface area contributed by atoms with Crippen molar-refractivity contribution >= 4 is 11.8 Å². The third-order valence-electron chi connectivity index (χ3n) is 5.61. The zero-order chi connectivity index (χ0) is 20.6. The third-order valence-corrected chi connectivity index (χ3v) is 5.61. The Morgan fingerprint density at radius 2 is 1.69 bits per heavy atom. The molecule has 29 heavy (non-hydrogen) atoms. The average Bonchev–Trinajstić information content (AvgIpc) is 3.25. The normalized spacial score (nSPS) is 15.1. The molecule has 0 spiro atoms. The molecule has 1 N–H and O–H groups in total. The fourth-order valence-corrected chi connectivity index (χ4v) is 3.80. The van der Waals surface area contributed by atoms with Crippen LogP contribution in [0.25, 0.3) is 0 Å². The Kier molecular flexibility index (Phi) is 7.39. The van der Waals surface area contributed by atoms with Gasteiger partial charge in [-0.3, -0.25) is 9.59 Å². The number of hydrogen-bond donors (Lipinski definition) is 1. The van der Waals surface area contributed by atoms with Crippen LogP contribution in [-0.2, 0) is 22.6 Å². The van der Waals surface area contributed by atoms with Crippen molar-refractivity contribution in [3.8, 4) is 0 Å². The zero-order valence-electron chi connectivity index (χ0n) is 16.9. The maximum atomic E-state index is 13.3. The van der Waals surface area contributed by atoms with Gasteiger partial charge in [-0.15, -0.1) is 0 Å². The second-order valence-corrected chi connectivity index (χ2v) is 7.80. The minimum absolute atomic E-state index is 0.0766. The van der Waals surface area contributed by atoms with Crippen molar-refractivity contribution in [1.29, 1.82) is 0 Å². The molecule has 0 unspecified atom stereocenters. The number of carbonyl (C=O) groups is 2. The SMILES string of the molecule is C[C@H](C(=O)NC1CCCC1)N(Cc1ccc(F)cc1)C(=O)CCc1ccccc1. The number of nitrogens with one attached hydrogen (secondary N) is 1. The summed E-state index contributed by atoms with van der Waals surface area (Å²) in [7, 11) is 0. The second kappa shape index (κ2) is 10.2. The Labute approximate surface area is 172 Å². The van der Waals surface area contributed by atoms with E-state index in [4.69, 9.17) is 0 Å². The summed E-state index contributed by atoms with van der Waals surface area (Å²) in [4.78, 5) is 27.5. The van der Waals surface area contributed by atoms with Gasteiger partial charge in [0, 0.05) is 19.0 Å². The molecule has 1 atom stereocenters. The highest BCUT2D eigenvalue weighted by atomic mass is 19.1. The lowest BCUT2D eigenvalue weighted by molar-refractivity contribution is -0.140. The Morgan fingerprint density at radius 3 is 2.34 bits per heavy atom. The van der Waals surface area contributed by atoms with Crippen LogP contribution in [0.1, 0.15) is 50.2 Å². The Bertz CT molecular complexity index is 801. The predicted molar refractivity (Wildman–Crippen MR) is 112 cm³/mol. The molecular weight excluding hydrogens is 367 g/mol. The minimum atomic E-state index is -0.580. The van der Waals surface area contributed by atoms with Crippen molar-refractivity contribution in [3.05, 3.63) is 71.5 Å². The zero-order valence-corrected chi connectivity index (χ0v) is 16.9. The maximum absolute atomic E-state index is 13.3. The summed E-state index contributed by atoms with van der Waals surface area (Å²) in [5.74, 6) is -0.512. The first kappa shape index (κ1) is 21.0. The molecular formula is C24H29FN2O2. The van der Waals surface area contributed by atoms with Gasteiger partial charge in [0.1, 0.15) is 11.9 Å². The average molecular weight is 397 g/mol. The van der Waals surface area contributed by atoms with Crippen LogP contribution < -0.4 is 5.32 Å². The van der Waals surface area contributed by atoms with E-state index in [0.717, 1.165) is 36.8 Å². The number of aryl methyl sites for hydroxylation is 1. The van der Waals surface area contributed by atoms with E-state index >= 15 is 0 Å². The lowest BCUT2D eigenvalue weighted by Gasteiger charge is -2.30. The molecule has 1 aliphatic carbocycles. The van der Waals surface area contributed by atoms with Gasteiger partial charge in [-0.25, -0.2) is 4.39 Å². The van der Waals surface area contributed by atoms with Crippen LogP contribution in [0.4, 0.5) is 4.39 Å². The molecule has 2 aromatic carbocycles. The molecule has 5 heteroatoms. The molecule has 1 fully saturated rings. The minimum Gasteiger partial charge on any atom is -0.352 e. The standard InChI is InChI=1S/C24H29FN2O2/c1-18(24(29)26-22-9-5-6-10-22)27(17-20-11-14-21(25)15-12-20)23(28)16-13-19-7-3-2-4-8-19/h2-4,7-8,11-12,14-15,18,22H,5-6,9-10,13,16-17H2,1H3,(H,26,29)/t18-/m1/s1. The van der Waals surface area contributed by atoms with Crippen molar-refractivity contribution in [3.63, 3.8) is 0 Å². The third kappa shape index (κ3) is 6.14. The van der Waals surface area contributed by atoms with Gasteiger partial charge in [0.15, 0.2) is 0 Å². The Hall–Kier alpha value is -2.69. The van der Waals surface area contributed by atoms with Gasteiger partial charge >= 0.3 is 0 Å². The van der Waals surface area contributed by atoms with Gasteiger partial charge in [-0.1, -0.05) is 55.3 Å². The molecule has 0 bridgehead atoms. The number of hydrogen-bond acceptors (Lipinski definition) is 2. The van der Waals surface area contributed by atoms with E-state index in [1.54, 1.807) is 24.0 Å². The van der Waals surface area contributed by atoms with E-state index in [1.165, 1.54) is 12.1 Å². The summed E-state index contributed by atoms with van der Waals surface area (Å²) >= 11 is 0. The molecule has 1 saturated carbocycles. The van der Waals surface area contributed by atoms with Gasteiger partial charge < -0.3 is 10.2 Å². The molecule has 0 radical (unpaired) electrons. The number of benzene rings is 2. The summed E-state index contributed by atoms with van der Waals surface area (Å²) in [6.07, 6.45) is 5.21. The first-order valence-electron chi connectivity index (χ1n) is 10.4. The van der Waals surface area contributed by atoms with Crippen molar-refractivity contribution < 1.29 is 14.0 Å². The van der Waals surface area contributed by atoms with E-state index in [-0.39, 0.29) is 30.2 Å². The quantitative estimate of drug-likeness (QED) is 0.726. The first-order valence-corrected chi connectivity index (χ1v) is 10.4. The van der Waals surface area contributed by atoms with E-state index in [1.807, 2.05) is 30.3 Å². The van der Waals surface area contributed by atoms with Crippen LogP contribution in [0, 0.1) is 5.82 Å². The lowest BCUT2D eigenvalue weighted by Crippen LogP contribution is -2.49. The number of nitrogens with zero attached hydrogens (tertiary/aromatic N) is 1. The topological polar surface area (TPSA) is 49.4 Å². The molecule has 1 aliphatic rings. The van der Waals surface area contributed by atoms with Crippen molar-refractivity contribution in [1.82, 2.24) is 10.2 Å². The van der Waals surface area contributed by atoms with Crippen LogP contribution >= 0.6 is 0 Å². The van der Waals surface area contributed by atoms with Gasteiger partial charge in [0.2, 0.25) is 11.8 Å². The summed E-state index contributed by atoms with van der Waals surface area (Å²) in [5.41, 5.74) is 1.89. The summed E-state index contributed by atoms with van der Waals surface area (Å²) in [5, 5.41) is 3.09. The number of amides is 2. The first-order chi connectivity index (χ1) is 14.0. The number of halogens is 1. The van der Waals surface area contributed by atoms with Gasteiger partial charge in [-0.05, 0) is 49.4 Å². The van der Waals surface area contributed by atoms with E-state index < -0.39 is 6.04 Å². The number of carbonyl (C=O) groups excluding carboxylic acids is 2. The molecule has 0 heterocycles. The van der Waals surface area contributed by atoms with Gasteiger partial charge in [-0.2, -0.15) is 0 Å². The van der Waals surface area contributed by atoms with Gasteiger partial charge in [0.05, 0.1) is 0 Å². The molecule has 154 valence electrons. The fraction of sp³-hybridized carbons (Fsp3) is 0.417. The van der Waals surface area contributed by atoms with E-state index in [2.05, 4.69) is 5.32 Å². The lowest BCUT2D eigenvalue weighted by atomic mass is 10.1. The Balaban J connectivity index is 1.69. The molecule has 0 aromatic heterocycles.